The van der Waals surface area contributed by atoms with Crippen molar-refractivity contribution in [1.29, 1.82) is 0 Å². The molecule has 5 nitrogen and oxygen atoms in total. The first-order chi connectivity index (χ1) is 8.61. The molecule has 1 aromatic rings. The van der Waals surface area contributed by atoms with E-state index < -0.39 is 6.04 Å². The predicted molar refractivity (Wildman–Crippen MR) is 65.5 cm³/mol. The maximum atomic E-state index is 12.3. The summed E-state index contributed by atoms with van der Waals surface area (Å²) >= 11 is 0. The van der Waals surface area contributed by atoms with Gasteiger partial charge in [0.25, 0.3) is 0 Å². The summed E-state index contributed by atoms with van der Waals surface area (Å²) in [7, 11) is 0. The van der Waals surface area contributed by atoms with Crippen molar-refractivity contribution in [3.8, 4) is 0 Å². The van der Waals surface area contributed by atoms with E-state index in [1.165, 1.54) is 0 Å². The van der Waals surface area contributed by atoms with Gasteiger partial charge in [-0.25, -0.2) is 0 Å². The van der Waals surface area contributed by atoms with Crippen LogP contribution in [0.1, 0.15) is 26.0 Å². The van der Waals surface area contributed by atoms with Crippen molar-refractivity contribution in [2.45, 2.75) is 32.9 Å². The second-order valence-corrected chi connectivity index (χ2v) is 4.70. The molecular weight excluding hydrogens is 232 g/mol. The van der Waals surface area contributed by atoms with Crippen LogP contribution in [0, 0.1) is 5.92 Å². The molecule has 1 fully saturated rings. The van der Waals surface area contributed by atoms with Gasteiger partial charge in [0.05, 0.1) is 12.8 Å². The number of nitrogens with one attached hydrogen (secondary N) is 1. The largest absolute Gasteiger partial charge is 0.467 e. The van der Waals surface area contributed by atoms with Crippen molar-refractivity contribution in [2.75, 3.05) is 6.54 Å². The number of carbonyl (C=O) groups excluding carboxylic acids is 2. The number of hydrogen-bond donors (Lipinski definition) is 1. The fraction of sp³-hybridized carbons (Fsp3) is 0.538. The summed E-state index contributed by atoms with van der Waals surface area (Å²) in [5.74, 6) is 0.702. The van der Waals surface area contributed by atoms with E-state index in [0.29, 0.717) is 12.3 Å². The zero-order valence-electron chi connectivity index (χ0n) is 10.7. The fourth-order valence-electron chi connectivity index (χ4n) is 2.07. The van der Waals surface area contributed by atoms with Gasteiger partial charge in [0, 0.05) is 0 Å². The average Bonchev–Trinajstić information content (AvgIpc) is 2.85. The van der Waals surface area contributed by atoms with Gasteiger partial charge >= 0.3 is 0 Å². The normalized spacial score (nSPS) is 21.9. The van der Waals surface area contributed by atoms with Crippen molar-refractivity contribution in [2.24, 2.45) is 5.92 Å². The van der Waals surface area contributed by atoms with E-state index in [1.54, 1.807) is 23.3 Å². The molecular formula is C13H18N2O3. The molecule has 1 aliphatic rings. The van der Waals surface area contributed by atoms with E-state index >= 15 is 0 Å². The highest BCUT2D eigenvalue weighted by Crippen LogP contribution is 2.16. The second kappa shape index (κ2) is 5.25. The first kappa shape index (κ1) is 12.7. The number of nitrogens with zero attached hydrogens (tertiary/aromatic N) is 1. The van der Waals surface area contributed by atoms with E-state index in [4.69, 9.17) is 4.42 Å². The van der Waals surface area contributed by atoms with Crippen molar-refractivity contribution in [1.82, 2.24) is 10.2 Å². The van der Waals surface area contributed by atoms with E-state index in [1.807, 2.05) is 13.8 Å². The molecule has 1 aromatic heterocycles. The third-order valence-electron chi connectivity index (χ3n) is 3.37. The molecule has 0 spiro atoms. The minimum Gasteiger partial charge on any atom is -0.467 e. The van der Waals surface area contributed by atoms with Crippen LogP contribution in [-0.4, -0.2) is 29.3 Å². The van der Waals surface area contributed by atoms with Gasteiger partial charge in [-0.05, 0) is 18.1 Å². The molecule has 0 bridgehead atoms. The summed E-state index contributed by atoms with van der Waals surface area (Å²) in [5.41, 5.74) is 0. The van der Waals surface area contributed by atoms with Gasteiger partial charge in [-0.2, -0.15) is 0 Å². The van der Waals surface area contributed by atoms with Crippen molar-refractivity contribution in [3.05, 3.63) is 24.2 Å². The second-order valence-electron chi connectivity index (χ2n) is 4.70. The molecule has 0 radical (unpaired) electrons. The molecule has 98 valence electrons. The van der Waals surface area contributed by atoms with Crippen molar-refractivity contribution >= 4 is 11.8 Å². The summed E-state index contributed by atoms with van der Waals surface area (Å²) in [4.78, 5) is 25.5. The van der Waals surface area contributed by atoms with E-state index in [0.717, 1.165) is 6.42 Å². The first-order valence-electron chi connectivity index (χ1n) is 6.22. The molecule has 2 amide bonds. The van der Waals surface area contributed by atoms with Crippen LogP contribution in [0.2, 0.25) is 0 Å². The summed E-state index contributed by atoms with van der Waals surface area (Å²) < 4.78 is 5.22. The minimum absolute atomic E-state index is 0.0275. The van der Waals surface area contributed by atoms with Crippen LogP contribution in [0.15, 0.2) is 22.8 Å². The van der Waals surface area contributed by atoms with Gasteiger partial charge in [-0.1, -0.05) is 20.3 Å². The molecule has 1 aliphatic heterocycles. The molecule has 2 heterocycles. The van der Waals surface area contributed by atoms with Crippen LogP contribution in [0.4, 0.5) is 0 Å². The lowest BCUT2D eigenvalue weighted by Crippen LogP contribution is -2.59. The summed E-state index contributed by atoms with van der Waals surface area (Å²) in [6.45, 7) is 4.44. The average molecular weight is 250 g/mol. The Morgan fingerprint density at radius 2 is 2.33 bits per heavy atom. The quantitative estimate of drug-likeness (QED) is 0.872. The molecule has 1 N–H and O–H groups in total. The fourth-order valence-corrected chi connectivity index (χ4v) is 2.07. The van der Waals surface area contributed by atoms with Crippen molar-refractivity contribution in [3.63, 3.8) is 0 Å². The lowest BCUT2D eigenvalue weighted by Gasteiger charge is -2.34. The Kier molecular flexibility index (Phi) is 3.69. The Bertz CT molecular complexity index is 427. The summed E-state index contributed by atoms with van der Waals surface area (Å²) in [6, 6.07) is 3.17. The monoisotopic (exact) mass is 250 g/mol. The standard InChI is InChI=1S/C13H18N2O3/c1-3-9(2)12-13(17)15(8-11(16)14-12)7-10-5-4-6-18-10/h4-6,9,12H,3,7-8H2,1-2H3,(H,14,16). The molecule has 0 aromatic carbocycles. The lowest BCUT2D eigenvalue weighted by atomic mass is 9.96. The molecule has 0 aliphatic carbocycles. The minimum atomic E-state index is -0.411. The summed E-state index contributed by atoms with van der Waals surface area (Å²) in [6.07, 6.45) is 2.42. The molecule has 0 saturated carbocycles. The highest BCUT2D eigenvalue weighted by atomic mass is 16.3. The molecule has 2 rings (SSSR count). The van der Waals surface area contributed by atoms with Crippen LogP contribution >= 0.6 is 0 Å². The Balaban J connectivity index is 2.10. The Morgan fingerprint density at radius 1 is 1.56 bits per heavy atom. The number of rotatable bonds is 4. The Labute approximate surface area is 106 Å². The maximum Gasteiger partial charge on any atom is 0.246 e. The van der Waals surface area contributed by atoms with Crippen LogP contribution in [0.25, 0.3) is 0 Å². The molecule has 5 heteroatoms. The number of furan rings is 1. The van der Waals surface area contributed by atoms with Crippen LogP contribution in [0.3, 0.4) is 0 Å². The SMILES string of the molecule is CCC(C)C1NC(=O)CN(Cc2ccco2)C1=O. The van der Waals surface area contributed by atoms with Gasteiger partial charge in [0.2, 0.25) is 11.8 Å². The third kappa shape index (κ3) is 2.55. The third-order valence-corrected chi connectivity index (χ3v) is 3.37. The molecule has 18 heavy (non-hydrogen) atoms. The Morgan fingerprint density at radius 3 is 2.94 bits per heavy atom. The van der Waals surface area contributed by atoms with Gasteiger partial charge in [0.1, 0.15) is 18.3 Å². The summed E-state index contributed by atoms with van der Waals surface area (Å²) in [5, 5.41) is 2.77. The lowest BCUT2D eigenvalue weighted by molar-refractivity contribution is -0.146. The van der Waals surface area contributed by atoms with E-state index in [2.05, 4.69) is 5.32 Å². The van der Waals surface area contributed by atoms with Crippen LogP contribution in [-0.2, 0) is 16.1 Å². The van der Waals surface area contributed by atoms with Gasteiger partial charge < -0.3 is 14.6 Å². The topological polar surface area (TPSA) is 62.6 Å². The number of carbonyl (C=O) groups is 2. The van der Waals surface area contributed by atoms with Gasteiger partial charge in [-0.3, -0.25) is 9.59 Å². The van der Waals surface area contributed by atoms with Crippen molar-refractivity contribution < 1.29 is 14.0 Å². The van der Waals surface area contributed by atoms with E-state index in [9.17, 15) is 9.59 Å². The molecule has 2 atom stereocenters. The predicted octanol–water partition coefficient (Wildman–Crippen LogP) is 1.15. The highest BCUT2D eigenvalue weighted by molar-refractivity contribution is 5.94. The smallest absolute Gasteiger partial charge is 0.246 e. The van der Waals surface area contributed by atoms with E-state index in [-0.39, 0.29) is 24.3 Å². The number of amides is 2. The highest BCUT2D eigenvalue weighted by Gasteiger charge is 2.35. The Hall–Kier alpha value is -1.78. The van der Waals surface area contributed by atoms with Gasteiger partial charge in [0.15, 0.2) is 0 Å². The van der Waals surface area contributed by atoms with Gasteiger partial charge in [-0.15, -0.1) is 0 Å². The first-order valence-corrected chi connectivity index (χ1v) is 6.22. The number of piperazine rings is 1. The maximum absolute atomic E-state index is 12.3. The molecule has 2 unspecified atom stereocenters. The zero-order chi connectivity index (χ0) is 13.1. The molecule has 1 saturated heterocycles. The number of hydrogen-bond acceptors (Lipinski definition) is 3. The van der Waals surface area contributed by atoms with Crippen LogP contribution in [0.5, 0.6) is 0 Å². The van der Waals surface area contributed by atoms with Crippen LogP contribution < -0.4 is 5.32 Å². The zero-order valence-corrected chi connectivity index (χ0v) is 10.7.